The van der Waals surface area contributed by atoms with Crippen molar-refractivity contribution in [3.05, 3.63) is 0 Å². The molecular weight excluding hydrogens is 226 g/mol. The van der Waals surface area contributed by atoms with E-state index in [1.165, 1.54) is 12.8 Å². The molecule has 0 aromatic heterocycles. The van der Waals surface area contributed by atoms with Crippen LogP contribution in [0.1, 0.15) is 40.5 Å². The quantitative estimate of drug-likeness (QED) is 0.830. The molecule has 2 rings (SSSR count). The lowest BCUT2D eigenvalue weighted by molar-refractivity contribution is 0.161. The predicted molar refractivity (Wildman–Crippen MR) is 73.6 cm³/mol. The Morgan fingerprint density at radius 1 is 1.33 bits per heavy atom. The molecule has 0 aromatic carbocycles. The zero-order valence-electron chi connectivity index (χ0n) is 12.1. The van der Waals surface area contributed by atoms with Gasteiger partial charge < -0.3 is 15.1 Å². The molecule has 2 aliphatic heterocycles. The van der Waals surface area contributed by atoms with E-state index in [4.69, 9.17) is 0 Å². The highest BCUT2D eigenvalue weighted by Crippen LogP contribution is 2.25. The molecule has 2 saturated heterocycles. The van der Waals surface area contributed by atoms with Gasteiger partial charge in [0.05, 0.1) is 6.04 Å². The van der Waals surface area contributed by atoms with Gasteiger partial charge in [0.1, 0.15) is 0 Å². The Morgan fingerprint density at radius 3 is 2.50 bits per heavy atom. The van der Waals surface area contributed by atoms with Crippen molar-refractivity contribution >= 4 is 6.03 Å². The molecule has 18 heavy (non-hydrogen) atoms. The first-order valence-electron chi connectivity index (χ1n) is 7.31. The van der Waals surface area contributed by atoms with E-state index >= 15 is 0 Å². The first kappa shape index (κ1) is 13.7. The Morgan fingerprint density at radius 2 is 2.06 bits per heavy atom. The molecule has 2 unspecified atom stereocenters. The average molecular weight is 253 g/mol. The van der Waals surface area contributed by atoms with E-state index in [2.05, 4.69) is 37.9 Å². The molecule has 0 bridgehead atoms. The minimum Gasteiger partial charge on any atom is -0.321 e. The molecule has 0 radical (unpaired) electrons. The van der Waals surface area contributed by atoms with Gasteiger partial charge in [0.15, 0.2) is 0 Å². The molecule has 4 nitrogen and oxygen atoms in total. The number of amides is 2. The van der Waals surface area contributed by atoms with Gasteiger partial charge in [-0.25, -0.2) is 4.79 Å². The number of rotatable bonds is 4. The Hall–Kier alpha value is -0.770. The molecule has 0 aliphatic carbocycles. The second-order valence-electron chi connectivity index (χ2n) is 6.29. The van der Waals surface area contributed by atoms with E-state index in [9.17, 15) is 4.79 Å². The highest BCUT2D eigenvalue weighted by molar-refractivity contribution is 5.77. The number of carbonyl (C=O) groups excluding carboxylic acids is 1. The lowest BCUT2D eigenvalue weighted by atomic mass is 10.0. The van der Waals surface area contributed by atoms with Crippen LogP contribution in [-0.4, -0.2) is 53.6 Å². The summed E-state index contributed by atoms with van der Waals surface area (Å²) >= 11 is 0. The molecule has 2 aliphatic rings. The summed E-state index contributed by atoms with van der Waals surface area (Å²) in [5, 5.41) is 3.48. The summed E-state index contributed by atoms with van der Waals surface area (Å²) in [5.74, 6) is 0.526. The van der Waals surface area contributed by atoms with E-state index in [-0.39, 0.29) is 6.03 Å². The smallest absolute Gasteiger partial charge is 0.320 e. The molecule has 0 saturated carbocycles. The number of nitrogens with zero attached hydrogens (tertiary/aromatic N) is 2. The van der Waals surface area contributed by atoms with Crippen LogP contribution in [0.3, 0.4) is 0 Å². The summed E-state index contributed by atoms with van der Waals surface area (Å²) in [5.41, 5.74) is 0. The third-order valence-electron chi connectivity index (χ3n) is 4.19. The van der Waals surface area contributed by atoms with Gasteiger partial charge in [-0.3, -0.25) is 0 Å². The fraction of sp³-hybridized carbons (Fsp3) is 0.929. The van der Waals surface area contributed by atoms with Crippen LogP contribution in [0.2, 0.25) is 0 Å². The zero-order valence-corrected chi connectivity index (χ0v) is 12.1. The van der Waals surface area contributed by atoms with Crippen molar-refractivity contribution in [2.24, 2.45) is 5.92 Å². The molecule has 0 aromatic rings. The van der Waals surface area contributed by atoms with Crippen molar-refractivity contribution in [1.82, 2.24) is 15.1 Å². The van der Waals surface area contributed by atoms with Crippen LogP contribution in [0.4, 0.5) is 4.79 Å². The number of carbonyl (C=O) groups is 1. The normalized spacial score (nSPS) is 29.1. The van der Waals surface area contributed by atoms with Crippen molar-refractivity contribution in [2.75, 3.05) is 19.6 Å². The van der Waals surface area contributed by atoms with Gasteiger partial charge in [0.2, 0.25) is 0 Å². The molecule has 4 heteroatoms. The van der Waals surface area contributed by atoms with Crippen LogP contribution >= 0.6 is 0 Å². The Balaban J connectivity index is 2.02. The van der Waals surface area contributed by atoms with E-state index in [0.29, 0.717) is 24.0 Å². The Kier molecular flexibility index (Phi) is 4.15. The maximum absolute atomic E-state index is 12.5. The van der Waals surface area contributed by atoms with Crippen LogP contribution in [0.15, 0.2) is 0 Å². The van der Waals surface area contributed by atoms with Crippen LogP contribution in [0.25, 0.3) is 0 Å². The Bertz CT molecular complexity index is 297. The minimum atomic E-state index is 0.234. The average Bonchev–Trinajstić information content (AvgIpc) is 2.88. The lowest BCUT2D eigenvalue weighted by Crippen LogP contribution is -2.43. The molecule has 2 amide bonds. The highest BCUT2D eigenvalue weighted by Gasteiger charge is 2.40. The summed E-state index contributed by atoms with van der Waals surface area (Å²) < 4.78 is 0. The molecule has 2 atom stereocenters. The Labute approximate surface area is 111 Å². The van der Waals surface area contributed by atoms with E-state index < -0.39 is 0 Å². The molecule has 104 valence electrons. The maximum Gasteiger partial charge on any atom is 0.320 e. The SMILES string of the molecule is CC(C)C1CN(CC2CCCN2)C(=O)N1C(C)C. The third kappa shape index (κ3) is 2.63. The fourth-order valence-corrected chi connectivity index (χ4v) is 3.16. The second-order valence-corrected chi connectivity index (χ2v) is 6.29. The van der Waals surface area contributed by atoms with Crippen LogP contribution in [0.5, 0.6) is 0 Å². The van der Waals surface area contributed by atoms with Gasteiger partial charge >= 0.3 is 6.03 Å². The molecular formula is C14H27N3O. The first-order valence-corrected chi connectivity index (χ1v) is 7.31. The number of nitrogens with one attached hydrogen (secondary N) is 1. The predicted octanol–water partition coefficient (Wildman–Crippen LogP) is 1.91. The second kappa shape index (κ2) is 5.47. The van der Waals surface area contributed by atoms with Crippen LogP contribution < -0.4 is 5.32 Å². The first-order chi connectivity index (χ1) is 8.50. The largest absolute Gasteiger partial charge is 0.321 e. The molecule has 2 fully saturated rings. The topological polar surface area (TPSA) is 35.6 Å². The minimum absolute atomic E-state index is 0.234. The summed E-state index contributed by atoms with van der Waals surface area (Å²) in [7, 11) is 0. The monoisotopic (exact) mass is 253 g/mol. The molecule has 2 heterocycles. The van der Waals surface area contributed by atoms with E-state index in [0.717, 1.165) is 19.6 Å². The van der Waals surface area contributed by atoms with Gasteiger partial charge in [-0.15, -0.1) is 0 Å². The summed E-state index contributed by atoms with van der Waals surface area (Å²) in [4.78, 5) is 16.6. The highest BCUT2D eigenvalue weighted by atomic mass is 16.2. The maximum atomic E-state index is 12.5. The van der Waals surface area contributed by atoms with Crippen LogP contribution in [0, 0.1) is 5.92 Å². The fourth-order valence-electron chi connectivity index (χ4n) is 3.16. The molecule has 0 spiro atoms. The standard InChI is InChI=1S/C14H27N3O/c1-10(2)13-9-16(8-12-6-5-7-15-12)14(18)17(13)11(3)4/h10-13,15H,5-9H2,1-4H3. The zero-order chi connectivity index (χ0) is 13.3. The van der Waals surface area contributed by atoms with Gasteiger partial charge in [-0.05, 0) is 39.2 Å². The van der Waals surface area contributed by atoms with Gasteiger partial charge in [-0.2, -0.15) is 0 Å². The summed E-state index contributed by atoms with van der Waals surface area (Å²) in [6.07, 6.45) is 2.45. The van der Waals surface area contributed by atoms with Gasteiger partial charge in [0.25, 0.3) is 0 Å². The lowest BCUT2D eigenvalue weighted by Gasteiger charge is -2.29. The summed E-state index contributed by atoms with van der Waals surface area (Å²) in [6, 6.07) is 1.41. The van der Waals surface area contributed by atoms with Crippen molar-refractivity contribution in [3.8, 4) is 0 Å². The van der Waals surface area contributed by atoms with E-state index in [1.807, 2.05) is 4.90 Å². The van der Waals surface area contributed by atoms with E-state index in [1.54, 1.807) is 0 Å². The van der Waals surface area contributed by atoms with Crippen molar-refractivity contribution < 1.29 is 4.79 Å². The van der Waals surface area contributed by atoms with Crippen molar-refractivity contribution in [1.29, 1.82) is 0 Å². The van der Waals surface area contributed by atoms with Crippen LogP contribution in [-0.2, 0) is 0 Å². The number of hydrogen-bond donors (Lipinski definition) is 1. The number of hydrogen-bond acceptors (Lipinski definition) is 2. The van der Waals surface area contributed by atoms with Gasteiger partial charge in [-0.1, -0.05) is 13.8 Å². The molecule has 1 N–H and O–H groups in total. The summed E-state index contributed by atoms with van der Waals surface area (Å²) in [6.45, 7) is 11.5. The third-order valence-corrected chi connectivity index (χ3v) is 4.19. The number of urea groups is 1. The van der Waals surface area contributed by atoms with Crippen molar-refractivity contribution in [2.45, 2.75) is 58.7 Å². The van der Waals surface area contributed by atoms with Crippen molar-refractivity contribution in [3.63, 3.8) is 0 Å². The van der Waals surface area contributed by atoms with Gasteiger partial charge in [0, 0.05) is 25.2 Å².